The lowest BCUT2D eigenvalue weighted by atomic mass is 9.83. The van der Waals surface area contributed by atoms with Crippen LogP contribution in [0, 0.1) is 17.0 Å². The summed E-state index contributed by atoms with van der Waals surface area (Å²) in [5.74, 6) is -1.38. The molecular weight excluding hydrogens is 260 g/mol. The lowest BCUT2D eigenvalue weighted by Gasteiger charge is -2.28. The lowest BCUT2D eigenvalue weighted by molar-refractivity contribution is 0.155. The highest BCUT2D eigenvalue weighted by atomic mass is 19.1. The van der Waals surface area contributed by atoms with Crippen molar-refractivity contribution in [1.29, 1.82) is 0 Å². The van der Waals surface area contributed by atoms with Crippen LogP contribution in [0.2, 0.25) is 0 Å². The molecule has 1 atom stereocenters. The van der Waals surface area contributed by atoms with E-state index in [-0.39, 0.29) is 12.1 Å². The first kappa shape index (κ1) is 15.4. The predicted molar refractivity (Wildman–Crippen MR) is 75.4 cm³/mol. The minimum atomic E-state index is -1.15. The molecule has 0 radical (unpaired) electrons. The SMILES string of the molecule is CCC1(CNCC(O)c2c(F)cccc2F)CCCC1. The van der Waals surface area contributed by atoms with Crippen LogP contribution >= 0.6 is 0 Å². The van der Waals surface area contributed by atoms with Crippen molar-refractivity contribution in [2.75, 3.05) is 13.1 Å². The number of rotatable bonds is 6. The van der Waals surface area contributed by atoms with Crippen molar-refractivity contribution in [3.05, 3.63) is 35.4 Å². The molecule has 2 rings (SSSR count). The molecule has 0 aliphatic heterocycles. The molecule has 0 amide bonds. The van der Waals surface area contributed by atoms with Crippen molar-refractivity contribution in [1.82, 2.24) is 5.32 Å². The maximum atomic E-state index is 13.5. The average Bonchev–Trinajstić information content (AvgIpc) is 2.88. The fraction of sp³-hybridized carbons (Fsp3) is 0.625. The van der Waals surface area contributed by atoms with Gasteiger partial charge in [0.25, 0.3) is 0 Å². The second-order valence-corrected chi connectivity index (χ2v) is 5.84. The first-order chi connectivity index (χ1) is 9.58. The minimum Gasteiger partial charge on any atom is -0.387 e. The van der Waals surface area contributed by atoms with Crippen molar-refractivity contribution in [2.45, 2.75) is 45.1 Å². The molecule has 1 saturated carbocycles. The Balaban J connectivity index is 1.91. The van der Waals surface area contributed by atoms with Crippen LogP contribution in [0.15, 0.2) is 18.2 Å². The van der Waals surface area contributed by atoms with Crippen molar-refractivity contribution in [2.24, 2.45) is 5.41 Å². The summed E-state index contributed by atoms with van der Waals surface area (Å²) in [5, 5.41) is 13.2. The van der Waals surface area contributed by atoms with Gasteiger partial charge in [-0.25, -0.2) is 8.78 Å². The molecule has 1 unspecified atom stereocenters. The first-order valence-electron chi connectivity index (χ1n) is 7.41. The fourth-order valence-corrected chi connectivity index (χ4v) is 3.19. The quantitative estimate of drug-likeness (QED) is 0.836. The molecular formula is C16H23F2NO. The van der Waals surface area contributed by atoms with E-state index in [1.807, 2.05) is 0 Å². The molecule has 2 nitrogen and oxygen atoms in total. The van der Waals surface area contributed by atoms with Crippen molar-refractivity contribution in [3.8, 4) is 0 Å². The summed E-state index contributed by atoms with van der Waals surface area (Å²) >= 11 is 0. The Morgan fingerprint density at radius 3 is 2.40 bits per heavy atom. The highest BCUT2D eigenvalue weighted by Crippen LogP contribution is 2.40. The van der Waals surface area contributed by atoms with E-state index in [2.05, 4.69) is 12.2 Å². The molecule has 1 aliphatic carbocycles. The van der Waals surface area contributed by atoms with Gasteiger partial charge in [-0.3, -0.25) is 0 Å². The van der Waals surface area contributed by atoms with E-state index in [1.165, 1.54) is 43.9 Å². The summed E-state index contributed by atoms with van der Waals surface area (Å²) < 4.78 is 27.1. The van der Waals surface area contributed by atoms with Crippen molar-refractivity contribution < 1.29 is 13.9 Å². The predicted octanol–water partition coefficient (Wildman–Crippen LogP) is 3.56. The van der Waals surface area contributed by atoms with E-state index < -0.39 is 17.7 Å². The van der Waals surface area contributed by atoms with Crippen LogP contribution < -0.4 is 5.32 Å². The van der Waals surface area contributed by atoms with E-state index in [0.29, 0.717) is 5.41 Å². The Morgan fingerprint density at radius 1 is 1.25 bits per heavy atom. The Hall–Kier alpha value is -1.00. The van der Waals surface area contributed by atoms with E-state index in [9.17, 15) is 13.9 Å². The molecule has 2 N–H and O–H groups in total. The molecule has 0 saturated heterocycles. The van der Waals surface area contributed by atoms with Gasteiger partial charge in [0.05, 0.1) is 11.7 Å². The lowest BCUT2D eigenvalue weighted by Crippen LogP contribution is -2.34. The van der Waals surface area contributed by atoms with E-state index in [0.717, 1.165) is 13.0 Å². The Kier molecular flexibility index (Phi) is 5.11. The van der Waals surface area contributed by atoms with Gasteiger partial charge in [0.2, 0.25) is 0 Å². The summed E-state index contributed by atoms with van der Waals surface area (Å²) in [5.41, 5.74) is 0.0602. The third-order valence-corrected chi connectivity index (χ3v) is 4.58. The summed E-state index contributed by atoms with van der Waals surface area (Å²) in [6.45, 7) is 3.16. The van der Waals surface area contributed by atoms with Gasteiger partial charge >= 0.3 is 0 Å². The molecule has 1 aromatic carbocycles. The van der Waals surface area contributed by atoms with Gasteiger partial charge in [0, 0.05) is 13.1 Å². The van der Waals surface area contributed by atoms with Crippen LogP contribution in [-0.4, -0.2) is 18.2 Å². The normalized spacial score (nSPS) is 19.2. The van der Waals surface area contributed by atoms with Crippen LogP contribution in [0.4, 0.5) is 8.78 Å². The molecule has 1 fully saturated rings. The number of hydrogen-bond acceptors (Lipinski definition) is 2. The van der Waals surface area contributed by atoms with Crippen LogP contribution in [-0.2, 0) is 0 Å². The van der Waals surface area contributed by atoms with Crippen LogP contribution in [0.25, 0.3) is 0 Å². The minimum absolute atomic E-state index is 0.180. The van der Waals surface area contributed by atoms with Gasteiger partial charge in [0.1, 0.15) is 11.6 Å². The zero-order valence-electron chi connectivity index (χ0n) is 12.0. The van der Waals surface area contributed by atoms with E-state index in [1.54, 1.807) is 0 Å². The summed E-state index contributed by atoms with van der Waals surface area (Å²) in [4.78, 5) is 0. The standard InChI is InChI=1S/C16H23F2NO/c1-2-16(8-3-4-9-16)11-19-10-14(20)15-12(17)6-5-7-13(15)18/h5-7,14,19-20H,2-4,8-11H2,1H3. The monoisotopic (exact) mass is 283 g/mol. The number of nitrogens with one attached hydrogen (secondary N) is 1. The van der Waals surface area contributed by atoms with Gasteiger partial charge in [-0.15, -0.1) is 0 Å². The Bertz CT molecular complexity index is 424. The number of benzene rings is 1. The number of hydrogen-bond donors (Lipinski definition) is 2. The van der Waals surface area contributed by atoms with E-state index in [4.69, 9.17) is 0 Å². The zero-order chi connectivity index (χ0) is 14.6. The first-order valence-corrected chi connectivity index (χ1v) is 7.41. The van der Waals surface area contributed by atoms with Gasteiger partial charge in [-0.2, -0.15) is 0 Å². The maximum absolute atomic E-state index is 13.5. The molecule has 0 bridgehead atoms. The zero-order valence-corrected chi connectivity index (χ0v) is 12.0. The smallest absolute Gasteiger partial charge is 0.131 e. The molecule has 112 valence electrons. The number of aliphatic hydroxyl groups excluding tert-OH is 1. The molecule has 20 heavy (non-hydrogen) atoms. The van der Waals surface area contributed by atoms with Gasteiger partial charge in [-0.1, -0.05) is 25.8 Å². The second-order valence-electron chi connectivity index (χ2n) is 5.84. The summed E-state index contributed by atoms with van der Waals surface area (Å²) in [6.07, 6.45) is 4.84. The van der Waals surface area contributed by atoms with E-state index >= 15 is 0 Å². The molecule has 1 aliphatic rings. The Labute approximate surface area is 119 Å². The Morgan fingerprint density at radius 2 is 1.85 bits per heavy atom. The van der Waals surface area contributed by atoms with Gasteiger partial charge < -0.3 is 10.4 Å². The van der Waals surface area contributed by atoms with Gasteiger partial charge in [0.15, 0.2) is 0 Å². The molecule has 1 aromatic rings. The fourth-order valence-electron chi connectivity index (χ4n) is 3.19. The molecule has 0 heterocycles. The number of halogens is 2. The van der Waals surface area contributed by atoms with Crippen molar-refractivity contribution in [3.63, 3.8) is 0 Å². The maximum Gasteiger partial charge on any atom is 0.131 e. The summed E-state index contributed by atoms with van der Waals surface area (Å²) in [6, 6.07) is 3.65. The molecule has 4 heteroatoms. The van der Waals surface area contributed by atoms with Crippen LogP contribution in [0.5, 0.6) is 0 Å². The third-order valence-electron chi connectivity index (χ3n) is 4.58. The largest absolute Gasteiger partial charge is 0.387 e. The molecule has 0 aromatic heterocycles. The van der Waals surface area contributed by atoms with Gasteiger partial charge in [-0.05, 0) is 36.8 Å². The third kappa shape index (κ3) is 3.36. The highest BCUT2D eigenvalue weighted by Gasteiger charge is 2.31. The average molecular weight is 283 g/mol. The van der Waals surface area contributed by atoms with Crippen LogP contribution in [0.3, 0.4) is 0 Å². The molecule has 0 spiro atoms. The number of aliphatic hydroxyl groups is 1. The second kappa shape index (κ2) is 6.64. The highest BCUT2D eigenvalue weighted by molar-refractivity contribution is 5.22. The summed E-state index contributed by atoms with van der Waals surface area (Å²) in [7, 11) is 0. The van der Waals surface area contributed by atoms with Crippen molar-refractivity contribution >= 4 is 0 Å². The topological polar surface area (TPSA) is 32.3 Å². The van der Waals surface area contributed by atoms with Crippen LogP contribution in [0.1, 0.15) is 50.7 Å².